The molecule has 0 aliphatic rings. The summed E-state index contributed by atoms with van der Waals surface area (Å²) in [5, 5.41) is 16.9. The maximum atomic E-state index is 9.67. The second-order valence-electron chi connectivity index (χ2n) is 2.91. The number of aromatic hydroxyl groups is 1. The molecule has 0 fully saturated rings. The van der Waals surface area contributed by atoms with Gasteiger partial charge < -0.3 is 20.3 Å². The van der Waals surface area contributed by atoms with Crippen LogP contribution in [0.2, 0.25) is 0 Å². The zero-order valence-electron chi connectivity index (χ0n) is 8.49. The van der Waals surface area contributed by atoms with Crippen LogP contribution < -0.4 is 10.5 Å². The second-order valence-corrected chi connectivity index (χ2v) is 2.91. The minimum absolute atomic E-state index is 0.110. The summed E-state index contributed by atoms with van der Waals surface area (Å²) < 4.78 is 10.0. The average molecular weight is 210 g/mol. The molecule has 0 atom stereocenters. The van der Waals surface area contributed by atoms with Crippen LogP contribution >= 0.6 is 0 Å². The zero-order valence-corrected chi connectivity index (χ0v) is 8.49. The predicted octanol–water partition coefficient (Wildman–Crippen LogP) is 0.701. The molecule has 1 aromatic rings. The molecule has 0 heterocycles. The fourth-order valence-corrected chi connectivity index (χ4v) is 1.09. The van der Waals surface area contributed by atoms with Crippen molar-refractivity contribution in [1.82, 2.24) is 0 Å². The number of phenols is 1. The standard InChI is InChI=1S/C10H14N2O3/c1-14-5-6-15-8-4-2-3-7(9(8)13)10(11)12/h2-4,13H,5-6H2,1H3,(H3,11,12). The van der Waals surface area contributed by atoms with Crippen LogP contribution in [0.25, 0.3) is 0 Å². The van der Waals surface area contributed by atoms with Gasteiger partial charge in [0, 0.05) is 7.11 Å². The number of amidine groups is 1. The number of hydrogen-bond acceptors (Lipinski definition) is 4. The number of nitrogens with two attached hydrogens (primary N) is 1. The van der Waals surface area contributed by atoms with E-state index in [4.69, 9.17) is 20.6 Å². The Morgan fingerprint density at radius 1 is 1.47 bits per heavy atom. The first-order valence-corrected chi connectivity index (χ1v) is 4.45. The number of para-hydroxylation sites is 1. The van der Waals surface area contributed by atoms with Crippen molar-refractivity contribution in [2.45, 2.75) is 0 Å². The molecule has 0 aliphatic carbocycles. The Labute approximate surface area is 87.9 Å². The highest BCUT2D eigenvalue weighted by Gasteiger charge is 2.09. The van der Waals surface area contributed by atoms with Crippen LogP contribution in [0.15, 0.2) is 18.2 Å². The van der Waals surface area contributed by atoms with Gasteiger partial charge in [-0.05, 0) is 12.1 Å². The maximum absolute atomic E-state index is 9.67. The molecule has 0 unspecified atom stereocenters. The molecule has 82 valence electrons. The lowest BCUT2D eigenvalue weighted by atomic mass is 10.1. The summed E-state index contributed by atoms with van der Waals surface area (Å²) in [7, 11) is 1.56. The minimum Gasteiger partial charge on any atom is -0.504 e. The average Bonchev–Trinajstić information content (AvgIpc) is 2.20. The topological polar surface area (TPSA) is 88.6 Å². The van der Waals surface area contributed by atoms with Gasteiger partial charge in [-0.1, -0.05) is 6.07 Å². The maximum Gasteiger partial charge on any atom is 0.168 e. The first kappa shape index (κ1) is 11.3. The van der Waals surface area contributed by atoms with Crippen LogP contribution in [-0.4, -0.2) is 31.3 Å². The number of benzene rings is 1. The molecule has 5 nitrogen and oxygen atoms in total. The summed E-state index contributed by atoms with van der Waals surface area (Å²) in [6.45, 7) is 0.773. The van der Waals surface area contributed by atoms with E-state index in [2.05, 4.69) is 0 Å². The van der Waals surface area contributed by atoms with Crippen molar-refractivity contribution in [3.05, 3.63) is 23.8 Å². The number of rotatable bonds is 5. The van der Waals surface area contributed by atoms with E-state index >= 15 is 0 Å². The lowest BCUT2D eigenvalue weighted by molar-refractivity contribution is 0.144. The highest BCUT2D eigenvalue weighted by Crippen LogP contribution is 2.29. The molecule has 0 bridgehead atoms. The lowest BCUT2D eigenvalue weighted by Gasteiger charge is -2.09. The molecule has 0 spiro atoms. The van der Waals surface area contributed by atoms with Gasteiger partial charge in [0.05, 0.1) is 12.2 Å². The Morgan fingerprint density at radius 3 is 2.80 bits per heavy atom. The van der Waals surface area contributed by atoms with Crippen molar-refractivity contribution < 1.29 is 14.6 Å². The molecule has 0 amide bonds. The van der Waals surface area contributed by atoms with Crippen molar-refractivity contribution >= 4 is 5.84 Å². The Morgan fingerprint density at radius 2 is 2.20 bits per heavy atom. The third-order valence-electron chi connectivity index (χ3n) is 1.83. The van der Waals surface area contributed by atoms with Crippen LogP contribution in [0, 0.1) is 5.41 Å². The smallest absolute Gasteiger partial charge is 0.168 e. The van der Waals surface area contributed by atoms with Crippen LogP contribution in [0.5, 0.6) is 11.5 Å². The van der Waals surface area contributed by atoms with E-state index < -0.39 is 0 Å². The number of ether oxygens (including phenoxy) is 2. The number of phenolic OH excluding ortho intramolecular Hbond substituents is 1. The summed E-state index contributed by atoms with van der Waals surface area (Å²) in [5.41, 5.74) is 5.55. The Balaban J connectivity index is 2.80. The molecule has 0 saturated heterocycles. The summed E-state index contributed by atoms with van der Waals surface area (Å²) in [6, 6.07) is 4.83. The van der Waals surface area contributed by atoms with Gasteiger partial charge in [-0.3, -0.25) is 5.41 Å². The lowest BCUT2D eigenvalue weighted by Crippen LogP contribution is -2.12. The molecule has 15 heavy (non-hydrogen) atoms. The molecule has 5 heteroatoms. The monoisotopic (exact) mass is 210 g/mol. The van der Waals surface area contributed by atoms with E-state index in [0.717, 1.165) is 0 Å². The van der Waals surface area contributed by atoms with Crippen LogP contribution in [-0.2, 0) is 4.74 Å². The Kier molecular flexibility index (Phi) is 3.93. The second kappa shape index (κ2) is 5.21. The summed E-state index contributed by atoms with van der Waals surface area (Å²) in [4.78, 5) is 0. The van der Waals surface area contributed by atoms with E-state index in [-0.39, 0.29) is 17.1 Å². The normalized spacial score (nSPS) is 9.93. The molecule has 0 aliphatic heterocycles. The van der Waals surface area contributed by atoms with Gasteiger partial charge in [0.2, 0.25) is 0 Å². The Bertz CT molecular complexity index is 353. The van der Waals surface area contributed by atoms with E-state index in [0.29, 0.717) is 19.0 Å². The van der Waals surface area contributed by atoms with E-state index in [1.165, 1.54) is 0 Å². The van der Waals surface area contributed by atoms with Gasteiger partial charge in [0.25, 0.3) is 0 Å². The van der Waals surface area contributed by atoms with Crippen molar-refractivity contribution in [2.75, 3.05) is 20.3 Å². The van der Waals surface area contributed by atoms with Gasteiger partial charge >= 0.3 is 0 Å². The van der Waals surface area contributed by atoms with Crippen LogP contribution in [0.4, 0.5) is 0 Å². The number of nitrogens with one attached hydrogen (secondary N) is 1. The van der Waals surface area contributed by atoms with Crippen LogP contribution in [0.1, 0.15) is 5.56 Å². The van der Waals surface area contributed by atoms with Crippen molar-refractivity contribution in [3.8, 4) is 11.5 Å². The summed E-state index contributed by atoms with van der Waals surface area (Å²) in [6.07, 6.45) is 0. The number of nitrogen functional groups attached to an aromatic ring is 1. The fourth-order valence-electron chi connectivity index (χ4n) is 1.09. The first-order valence-electron chi connectivity index (χ1n) is 4.45. The quantitative estimate of drug-likeness (QED) is 0.379. The van der Waals surface area contributed by atoms with E-state index in [1.54, 1.807) is 25.3 Å². The molecular weight excluding hydrogens is 196 g/mol. The summed E-state index contributed by atoms with van der Waals surface area (Å²) in [5.74, 6) is 0.00513. The highest BCUT2D eigenvalue weighted by atomic mass is 16.5. The fraction of sp³-hybridized carbons (Fsp3) is 0.300. The van der Waals surface area contributed by atoms with E-state index in [1.807, 2.05) is 0 Å². The molecule has 1 aromatic carbocycles. The predicted molar refractivity (Wildman–Crippen MR) is 56.5 cm³/mol. The van der Waals surface area contributed by atoms with Crippen molar-refractivity contribution in [3.63, 3.8) is 0 Å². The molecule has 1 rings (SSSR count). The van der Waals surface area contributed by atoms with Gasteiger partial charge in [0.1, 0.15) is 12.4 Å². The third kappa shape index (κ3) is 2.85. The highest BCUT2D eigenvalue weighted by molar-refractivity contribution is 5.98. The zero-order chi connectivity index (χ0) is 11.3. The minimum atomic E-state index is -0.190. The van der Waals surface area contributed by atoms with Gasteiger partial charge in [-0.15, -0.1) is 0 Å². The molecule has 0 radical (unpaired) electrons. The van der Waals surface area contributed by atoms with Gasteiger partial charge in [0.15, 0.2) is 11.5 Å². The Hall–Kier alpha value is -1.75. The molecule has 4 N–H and O–H groups in total. The molecule has 0 saturated carbocycles. The third-order valence-corrected chi connectivity index (χ3v) is 1.83. The van der Waals surface area contributed by atoms with Crippen molar-refractivity contribution in [2.24, 2.45) is 5.73 Å². The molecule has 0 aromatic heterocycles. The van der Waals surface area contributed by atoms with Gasteiger partial charge in [-0.25, -0.2) is 0 Å². The van der Waals surface area contributed by atoms with Gasteiger partial charge in [-0.2, -0.15) is 0 Å². The number of hydrogen-bond donors (Lipinski definition) is 3. The SMILES string of the molecule is COCCOc1cccc(C(=N)N)c1O. The summed E-state index contributed by atoms with van der Waals surface area (Å²) >= 11 is 0. The largest absolute Gasteiger partial charge is 0.504 e. The van der Waals surface area contributed by atoms with Crippen LogP contribution in [0.3, 0.4) is 0 Å². The number of methoxy groups -OCH3 is 1. The van der Waals surface area contributed by atoms with E-state index in [9.17, 15) is 5.11 Å². The van der Waals surface area contributed by atoms with Crippen molar-refractivity contribution in [1.29, 1.82) is 5.41 Å². The molecular formula is C10H14N2O3. The first-order chi connectivity index (χ1) is 7.16.